The summed E-state index contributed by atoms with van der Waals surface area (Å²) in [4.78, 5) is 11.7. The van der Waals surface area contributed by atoms with E-state index in [4.69, 9.17) is 4.74 Å². The van der Waals surface area contributed by atoms with Crippen molar-refractivity contribution in [3.05, 3.63) is 24.3 Å². The number of esters is 1. The van der Waals surface area contributed by atoms with E-state index in [1.165, 1.54) is 10.2 Å². The molecule has 0 aliphatic carbocycles. The number of aryl methyl sites for hydroxylation is 1. The molecule has 1 aromatic carbocycles. The molecule has 0 amide bonds. The Hall–Kier alpha value is -0.590. The van der Waals surface area contributed by atoms with Gasteiger partial charge in [-0.2, -0.15) is 4.57 Å². The van der Waals surface area contributed by atoms with E-state index in [-0.39, 0.29) is 23.0 Å². The fourth-order valence-electron chi connectivity index (χ4n) is 1.91. The van der Waals surface area contributed by atoms with Crippen LogP contribution in [-0.4, -0.2) is 18.3 Å². The van der Waals surface area contributed by atoms with Crippen molar-refractivity contribution in [1.82, 2.24) is 0 Å². The standard InChI is InChI=1S/C15H20NO2S2.BrH/c1-3-4-7-10-18-14(17)11-19-15-16(2)12-8-5-6-9-13(12)20-15;/h5-6,8-9H,3-4,7,10-11H2,1-2H3;1H/q+1;/p-1. The smallest absolute Gasteiger partial charge is 0.316 e. The molecule has 6 heteroatoms. The first-order valence-electron chi connectivity index (χ1n) is 6.88. The van der Waals surface area contributed by atoms with Crippen LogP contribution in [0.5, 0.6) is 0 Å². The van der Waals surface area contributed by atoms with Crippen molar-refractivity contribution < 1.29 is 31.1 Å². The van der Waals surface area contributed by atoms with Crippen molar-refractivity contribution in [2.75, 3.05) is 12.4 Å². The summed E-state index contributed by atoms with van der Waals surface area (Å²) in [6.07, 6.45) is 3.22. The van der Waals surface area contributed by atoms with Crippen LogP contribution in [0, 0.1) is 0 Å². The van der Waals surface area contributed by atoms with Gasteiger partial charge in [-0.15, -0.1) is 0 Å². The number of rotatable bonds is 7. The zero-order chi connectivity index (χ0) is 14.4. The molecule has 0 spiro atoms. The van der Waals surface area contributed by atoms with Gasteiger partial charge in [0.15, 0.2) is 0 Å². The van der Waals surface area contributed by atoms with E-state index < -0.39 is 0 Å². The molecule has 2 rings (SSSR count). The van der Waals surface area contributed by atoms with E-state index >= 15 is 0 Å². The Morgan fingerprint density at radius 1 is 1.33 bits per heavy atom. The molecule has 0 atom stereocenters. The fourth-order valence-corrected chi connectivity index (χ4v) is 4.09. The lowest BCUT2D eigenvalue weighted by molar-refractivity contribution is -0.676. The molecule has 1 heterocycles. The number of para-hydroxylation sites is 1. The summed E-state index contributed by atoms with van der Waals surface area (Å²) in [7, 11) is 2.04. The number of ether oxygens (including phenoxy) is 1. The van der Waals surface area contributed by atoms with Gasteiger partial charge in [0.05, 0.1) is 6.61 Å². The summed E-state index contributed by atoms with van der Waals surface area (Å²) in [5.41, 5.74) is 1.20. The largest absolute Gasteiger partial charge is 1.00 e. The molecular weight excluding hydrogens is 370 g/mol. The summed E-state index contributed by atoms with van der Waals surface area (Å²) in [5.74, 6) is 0.260. The Labute approximate surface area is 144 Å². The summed E-state index contributed by atoms with van der Waals surface area (Å²) >= 11 is 3.27. The van der Waals surface area contributed by atoms with Crippen molar-refractivity contribution >= 4 is 39.3 Å². The molecule has 21 heavy (non-hydrogen) atoms. The van der Waals surface area contributed by atoms with Gasteiger partial charge in [0.2, 0.25) is 5.52 Å². The molecule has 0 fully saturated rings. The molecule has 0 N–H and O–H groups in total. The predicted octanol–water partition coefficient (Wildman–Crippen LogP) is 0.555. The van der Waals surface area contributed by atoms with E-state index in [1.807, 2.05) is 19.2 Å². The van der Waals surface area contributed by atoms with E-state index in [0.29, 0.717) is 12.4 Å². The Morgan fingerprint density at radius 3 is 2.81 bits per heavy atom. The van der Waals surface area contributed by atoms with Crippen molar-refractivity contribution in [2.24, 2.45) is 7.05 Å². The van der Waals surface area contributed by atoms with Gasteiger partial charge in [0.1, 0.15) is 17.5 Å². The van der Waals surface area contributed by atoms with Gasteiger partial charge in [-0.25, -0.2) is 0 Å². The summed E-state index contributed by atoms with van der Waals surface area (Å²) < 4.78 is 9.73. The molecule has 1 aromatic heterocycles. The third-order valence-electron chi connectivity index (χ3n) is 3.02. The van der Waals surface area contributed by atoms with Crippen LogP contribution in [0.3, 0.4) is 0 Å². The van der Waals surface area contributed by atoms with Gasteiger partial charge in [-0.3, -0.25) is 4.79 Å². The highest BCUT2D eigenvalue weighted by atomic mass is 79.9. The van der Waals surface area contributed by atoms with Gasteiger partial charge >= 0.3 is 5.97 Å². The lowest BCUT2D eigenvalue weighted by atomic mass is 10.3. The van der Waals surface area contributed by atoms with E-state index in [1.54, 1.807) is 23.1 Å². The minimum absolute atomic E-state index is 0. The monoisotopic (exact) mass is 389 g/mol. The second kappa shape index (κ2) is 9.43. The molecular formula is C15H20BrNO2S2. The third-order valence-corrected chi connectivity index (χ3v) is 5.54. The van der Waals surface area contributed by atoms with Crippen LogP contribution in [-0.2, 0) is 16.6 Å². The highest BCUT2D eigenvalue weighted by molar-refractivity contribution is 8.01. The molecule has 2 aromatic rings. The first-order valence-corrected chi connectivity index (χ1v) is 8.68. The average molecular weight is 390 g/mol. The number of carbonyl (C=O) groups excluding carboxylic acids is 1. The molecule has 0 radical (unpaired) electrons. The Morgan fingerprint density at radius 2 is 2.10 bits per heavy atom. The Balaban J connectivity index is 0.00000220. The van der Waals surface area contributed by atoms with Gasteiger partial charge in [-0.05, 0) is 24.2 Å². The summed E-state index contributed by atoms with van der Waals surface area (Å²) in [6, 6.07) is 8.27. The van der Waals surface area contributed by atoms with Gasteiger partial charge in [0.25, 0.3) is 4.34 Å². The maximum Gasteiger partial charge on any atom is 0.316 e. The quantitative estimate of drug-likeness (QED) is 0.300. The van der Waals surface area contributed by atoms with Gasteiger partial charge in [0, 0.05) is 6.07 Å². The van der Waals surface area contributed by atoms with Crippen LogP contribution < -0.4 is 21.5 Å². The normalized spacial score (nSPS) is 10.4. The minimum atomic E-state index is -0.122. The zero-order valence-corrected chi connectivity index (χ0v) is 15.5. The molecule has 0 aliphatic heterocycles. The molecule has 3 nitrogen and oxygen atoms in total. The first-order chi connectivity index (χ1) is 9.72. The predicted molar refractivity (Wildman–Crippen MR) is 84.2 cm³/mol. The number of carbonyl (C=O) groups is 1. The lowest BCUT2D eigenvalue weighted by Crippen LogP contribution is -3.00. The fraction of sp³-hybridized carbons (Fsp3) is 0.467. The number of halogens is 1. The second-order valence-corrected chi connectivity index (χ2v) is 6.86. The first kappa shape index (κ1) is 18.5. The number of hydrogen-bond acceptors (Lipinski definition) is 4. The zero-order valence-electron chi connectivity index (χ0n) is 12.3. The van der Waals surface area contributed by atoms with Gasteiger partial charge < -0.3 is 21.7 Å². The maximum atomic E-state index is 11.7. The number of benzene rings is 1. The number of thiazole rings is 1. The third kappa shape index (κ3) is 5.27. The van der Waals surface area contributed by atoms with Crippen molar-refractivity contribution in [3.63, 3.8) is 0 Å². The molecule has 0 saturated heterocycles. The summed E-state index contributed by atoms with van der Waals surface area (Å²) in [6.45, 7) is 2.69. The number of unbranched alkanes of at least 4 members (excludes halogenated alkanes) is 2. The van der Waals surface area contributed by atoms with Crippen molar-refractivity contribution in [2.45, 2.75) is 30.5 Å². The van der Waals surface area contributed by atoms with Crippen LogP contribution in [0.25, 0.3) is 10.2 Å². The lowest BCUT2D eigenvalue weighted by Gasteiger charge is -2.02. The molecule has 0 bridgehead atoms. The number of nitrogens with zero attached hydrogens (tertiary/aromatic N) is 1. The van der Waals surface area contributed by atoms with E-state index in [0.717, 1.165) is 23.6 Å². The maximum absolute atomic E-state index is 11.7. The Bertz CT molecular complexity index is 586. The molecule has 0 unspecified atom stereocenters. The van der Waals surface area contributed by atoms with E-state index in [9.17, 15) is 4.79 Å². The highest BCUT2D eigenvalue weighted by Gasteiger charge is 2.18. The SMILES string of the molecule is CCCCCOC(=O)CSc1sc2ccccc2[n+]1C.[Br-]. The van der Waals surface area contributed by atoms with E-state index in [2.05, 4.69) is 23.6 Å². The second-order valence-electron chi connectivity index (χ2n) is 4.61. The van der Waals surface area contributed by atoms with Crippen LogP contribution >= 0.6 is 23.1 Å². The molecule has 0 aliphatic rings. The number of fused-ring (bicyclic) bond motifs is 1. The van der Waals surface area contributed by atoms with Crippen molar-refractivity contribution in [1.29, 1.82) is 0 Å². The number of hydrogen-bond donors (Lipinski definition) is 0. The average Bonchev–Trinajstić information content (AvgIpc) is 2.78. The highest BCUT2D eigenvalue weighted by Crippen LogP contribution is 2.27. The van der Waals surface area contributed by atoms with Crippen LogP contribution in [0.15, 0.2) is 28.6 Å². The summed E-state index contributed by atoms with van der Waals surface area (Å²) in [5, 5.41) is 0. The number of thioether (sulfide) groups is 1. The topological polar surface area (TPSA) is 30.2 Å². The minimum Gasteiger partial charge on any atom is -1.00 e. The van der Waals surface area contributed by atoms with Crippen molar-refractivity contribution in [3.8, 4) is 0 Å². The van der Waals surface area contributed by atoms with Crippen LogP contribution in [0.4, 0.5) is 0 Å². The van der Waals surface area contributed by atoms with Gasteiger partial charge in [-0.1, -0.05) is 43.2 Å². The Kier molecular flexibility index (Phi) is 8.29. The number of aromatic nitrogens is 1. The molecule has 0 saturated carbocycles. The van der Waals surface area contributed by atoms with Crippen LogP contribution in [0.2, 0.25) is 0 Å². The molecule has 116 valence electrons. The van der Waals surface area contributed by atoms with Crippen LogP contribution in [0.1, 0.15) is 26.2 Å².